The Bertz CT molecular complexity index is 245. The summed E-state index contributed by atoms with van der Waals surface area (Å²) >= 11 is 0. The Morgan fingerprint density at radius 3 is 2.80 bits per heavy atom. The van der Waals surface area contributed by atoms with Crippen LogP contribution in [0, 0.1) is 11.8 Å². The van der Waals surface area contributed by atoms with Crippen molar-refractivity contribution >= 4 is 5.91 Å². The number of nitrogens with zero attached hydrogens (tertiary/aromatic N) is 1. The van der Waals surface area contributed by atoms with Gasteiger partial charge >= 0.3 is 0 Å². The predicted molar refractivity (Wildman–Crippen MR) is 57.5 cm³/mol. The molecule has 4 heteroatoms. The average Bonchev–Trinajstić information content (AvgIpc) is 2.63. The summed E-state index contributed by atoms with van der Waals surface area (Å²) in [4.78, 5) is 14.1. The molecule has 0 aliphatic carbocycles. The van der Waals surface area contributed by atoms with E-state index in [0.717, 1.165) is 26.2 Å². The van der Waals surface area contributed by atoms with Crippen LogP contribution in [0.3, 0.4) is 0 Å². The number of carbonyl (C=O) groups excluding carboxylic acids is 1. The molecule has 2 rings (SSSR count). The number of ether oxygens (including phenoxy) is 1. The van der Waals surface area contributed by atoms with Crippen molar-refractivity contribution in [3.63, 3.8) is 0 Å². The number of amides is 1. The maximum Gasteiger partial charge on any atom is 0.227 e. The highest BCUT2D eigenvalue weighted by Gasteiger charge is 2.34. The van der Waals surface area contributed by atoms with Crippen LogP contribution in [0.2, 0.25) is 0 Å². The molecule has 86 valence electrons. The van der Waals surface area contributed by atoms with Crippen LogP contribution in [0.15, 0.2) is 0 Å². The minimum atomic E-state index is 0.176. The highest BCUT2D eigenvalue weighted by Crippen LogP contribution is 2.19. The maximum atomic E-state index is 12.2. The average molecular weight is 212 g/mol. The fourth-order valence-electron chi connectivity index (χ4n) is 2.39. The first-order valence-electron chi connectivity index (χ1n) is 5.79. The lowest BCUT2D eigenvalue weighted by molar-refractivity contribution is -0.142. The Morgan fingerprint density at radius 2 is 2.20 bits per heavy atom. The van der Waals surface area contributed by atoms with Crippen LogP contribution in [0.25, 0.3) is 0 Å². The van der Waals surface area contributed by atoms with Crippen LogP contribution < -0.4 is 5.32 Å². The van der Waals surface area contributed by atoms with Gasteiger partial charge in [0.1, 0.15) is 0 Å². The van der Waals surface area contributed by atoms with E-state index < -0.39 is 0 Å². The summed E-state index contributed by atoms with van der Waals surface area (Å²) in [5.41, 5.74) is 0. The van der Waals surface area contributed by atoms with Crippen molar-refractivity contribution in [1.82, 2.24) is 10.2 Å². The zero-order chi connectivity index (χ0) is 10.8. The molecule has 15 heavy (non-hydrogen) atoms. The third-order valence-corrected chi connectivity index (χ3v) is 3.39. The van der Waals surface area contributed by atoms with Crippen LogP contribution in [-0.4, -0.2) is 49.7 Å². The zero-order valence-corrected chi connectivity index (χ0v) is 9.53. The molecule has 0 radical (unpaired) electrons. The second-order valence-electron chi connectivity index (χ2n) is 4.71. The van der Waals surface area contributed by atoms with Gasteiger partial charge in [-0.1, -0.05) is 6.92 Å². The largest absolute Gasteiger partial charge is 0.375 e. The molecule has 0 aromatic heterocycles. The molecule has 0 aromatic carbocycles. The molecular formula is C11H20N2O2. The highest BCUT2D eigenvalue weighted by atomic mass is 16.5. The molecule has 2 heterocycles. The van der Waals surface area contributed by atoms with Gasteiger partial charge in [0, 0.05) is 19.6 Å². The Labute approximate surface area is 91.0 Å². The Hall–Kier alpha value is -0.610. The van der Waals surface area contributed by atoms with Crippen molar-refractivity contribution in [2.75, 3.05) is 32.8 Å². The lowest BCUT2D eigenvalue weighted by Gasteiger charge is -2.33. The molecule has 1 N–H and O–H groups in total. The van der Waals surface area contributed by atoms with Gasteiger partial charge in [0.15, 0.2) is 0 Å². The van der Waals surface area contributed by atoms with Gasteiger partial charge in [0.05, 0.1) is 18.6 Å². The van der Waals surface area contributed by atoms with Crippen molar-refractivity contribution < 1.29 is 9.53 Å². The molecule has 0 aromatic rings. The summed E-state index contributed by atoms with van der Waals surface area (Å²) in [5, 5.41) is 3.27. The van der Waals surface area contributed by atoms with Gasteiger partial charge in [-0.3, -0.25) is 4.79 Å². The summed E-state index contributed by atoms with van der Waals surface area (Å²) in [6.45, 7) is 8.17. The van der Waals surface area contributed by atoms with Crippen LogP contribution >= 0.6 is 0 Å². The number of carbonyl (C=O) groups is 1. The number of hydrogen-bond donors (Lipinski definition) is 1. The van der Waals surface area contributed by atoms with E-state index in [2.05, 4.69) is 12.2 Å². The lowest BCUT2D eigenvalue weighted by Crippen LogP contribution is -2.48. The second-order valence-corrected chi connectivity index (χ2v) is 4.71. The summed E-state index contributed by atoms with van der Waals surface area (Å²) in [7, 11) is 0. The number of nitrogens with one attached hydrogen (secondary N) is 1. The highest BCUT2D eigenvalue weighted by molar-refractivity contribution is 5.79. The van der Waals surface area contributed by atoms with Crippen LogP contribution in [0.5, 0.6) is 0 Å². The number of hydrogen-bond acceptors (Lipinski definition) is 3. The van der Waals surface area contributed by atoms with Crippen molar-refractivity contribution in [2.24, 2.45) is 11.8 Å². The molecule has 2 aliphatic rings. The van der Waals surface area contributed by atoms with E-state index in [-0.39, 0.29) is 12.0 Å². The first-order valence-corrected chi connectivity index (χ1v) is 5.79. The van der Waals surface area contributed by atoms with E-state index in [0.29, 0.717) is 18.4 Å². The van der Waals surface area contributed by atoms with Gasteiger partial charge in [0.2, 0.25) is 5.91 Å². The van der Waals surface area contributed by atoms with Crippen LogP contribution in [-0.2, 0) is 9.53 Å². The third-order valence-electron chi connectivity index (χ3n) is 3.39. The molecule has 3 atom stereocenters. The molecule has 4 nitrogen and oxygen atoms in total. The molecule has 0 bridgehead atoms. The van der Waals surface area contributed by atoms with E-state index in [9.17, 15) is 4.79 Å². The molecule has 1 unspecified atom stereocenters. The Balaban J connectivity index is 1.94. The molecule has 2 aliphatic heterocycles. The van der Waals surface area contributed by atoms with E-state index in [1.54, 1.807) is 0 Å². The smallest absolute Gasteiger partial charge is 0.227 e. The SMILES string of the molecule is CC1CN(C(=O)[C@@H]2CNC[C@H]2C)CCO1. The summed E-state index contributed by atoms with van der Waals surface area (Å²) < 4.78 is 5.44. The minimum Gasteiger partial charge on any atom is -0.375 e. The van der Waals surface area contributed by atoms with Gasteiger partial charge in [-0.05, 0) is 19.4 Å². The fourth-order valence-corrected chi connectivity index (χ4v) is 2.39. The summed E-state index contributed by atoms with van der Waals surface area (Å²) in [6.07, 6.45) is 0.187. The third kappa shape index (κ3) is 2.32. The fraction of sp³-hybridized carbons (Fsp3) is 0.909. The van der Waals surface area contributed by atoms with Gasteiger partial charge in [-0.2, -0.15) is 0 Å². The monoisotopic (exact) mass is 212 g/mol. The normalized spacial score (nSPS) is 36.9. The van der Waals surface area contributed by atoms with Crippen molar-refractivity contribution in [1.29, 1.82) is 0 Å². The Kier molecular flexibility index (Phi) is 3.26. The molecule has 1 amide bonds. The molecule has 0 spiro atoms. The van der Waals surface area contributed by atoms with E-state index >= 15 is 0 Å². The zero-order valence-electron chi connectivity index (χ0n) is 9.53. The number of morpholine rings is 1. The topological polar surface area (TPSA) is 41.6 Å². The second kappa shape index (κ2) is 4.49. The van der Waals surface area contributed by atoms with Crippen molar-refractivity contribution in [3.8, 4) is 0 Å². The van der Waals surface area contributed by atoms with E-state index in [1.807, 2.05) is 11.8 Å². The van der Waals surface area contributed by atoms with Crippen molar-refractivity contribution in [2.45, 2.75) is 20.0 Å². The van der Waals surface area contributed by atoms with Crippen molar-refractivity contribution in [3.05, 3.63) is 0 Å². The van der Waals surface area contributed by atoms with Gasteiger partial charge in [0.25, 0.3) is 0 Å². The minimum absolute atomic E-state index is 0.176. The lowest BCUT2D eigenvalue weighted by atomic mass is 9.96. The van der Waals surface area contributed by atoms with Gasteiger partial charge in [-0.15, -0.1) is 0 Å². The molecular weight excluding hydrogens is 192 g/mol. The van der Waals surface area contributed by atoms with E-state index in [4.69, 9.17) is 4.74 Å². The Morgan fingerprint density at radius 1 is 1.40 bits per heavy atom. The predicted octanol–water partition coefficient (Wildman–Crippen LogP) is 0.0892. The van der Waals surface area contributed by atoms with E-state index in [1.165, 1.54) is 0 Å². The van der Waals surface area contributed by atoms with Gasteiger partial charge < -0.3 is 15.0 Å². The first kappa shape index (κ1) is 10.9. The first-order chi connectivity index (χ1) is 7.18. The maximum absolute atomic E-state index is 12.2. The van der Waals surface area contributed by atoms with Crippen LogP contribution in [0.4, 0.5) is 0 Å². The molecule has 2 saturated heterocycles. The summed E-state index contributed by atoms with van der Waals surface area (Å²) in [5.74, 6) is 0.952. The van der Waals surface area contributed by atoms with Gasteiger partial charge in [-0.25, -0.2) is 0 Å². The number of rotatable bonds is 1. The van der Waals surface area contributed by atoms with Crippen LogP contribution in [0.1, 0.15) is 13.8 Å². The standard InChI is InChI=1S/C11H20N2O2/c1-8-5-12-6-10(8)11(14)13-3-4-15-9(2)7-13/h8-10,12H,3-7H2,1-2H3/t8-,9?,10-/m1/s1. The molecule has 2 fully saturated rings. The quantitative estimate of drug-likeness (QED) is 0.670. The summed E-state index contributed by atoms with van der Waals surface area (Å²) in [6, 6.07) is 0. The molecule has 0 saturated carbocycles.